The van der Waals surface area contributed by atoms with Gasteiger partial charge in [-0.15, -0.1) is 0 Å². The molecule has 3 aliphatic rings. The fourth-order valence-electron chi connectivity index (χ4n) is 4.95. The van der Waals surface area contributed by atoms with E-state index < -0.39 is 0 Å². The first-order valence-electron chi connectivity index (χ1n) is 9.20. The van der Waals surface area contributed by atoms with Crippen LogP contribution in [0.3, 0.4) is 0 Å². The van der Waals surface area contributed by atoms with Crippen LogP contribution in [0.25, 0.3) is 0 Å². The van der Waals surface area contributed by atoms with E-state index in [4.69, 9.17) is 0 Å². The van der Waals surface area contributed by atoms with Gasteiger partial charge in [0.25, 0.3) is 0 Å². The van der Waals surface area contributed by atoms with Gasteiger partial charge >= 0.3 is 0 Å². The molecule has 21 heavy (non-hydrogen) atoms. The van der Waals surface area contributed by atoms with Crippen LogP contribution < -0.4 is 5.32 Å². The summed E-state index contributed by atoms with van der Waals surface area (Å²) in [6.07, 6.45) is 12.4. The van der Waals surface area contributed by atoms with Crippen molar-refractivity contribution in [2.24, 2.45) is 11.8 Å². The van der Waals surface area contributed by atoms with Gasteiger partial charge in [0.2, 0.25) is 0 Å². The lowest BCUT2D eigenvalue weighted by Crippen LogP contribution is -2.60. The largest absolute Gasteiger partial charge is 0.311 e. The fourth-order valence-corrected chi connectivity index (χ4v) is 5.78. The van der Waals surface area contributed by atoms with E-state index in [1.807, 2.05) is 0 Å². The van der Waals surface area contributed by atoms with Crippen LogP contribution in [0.2, 0.25) is 0 Å². The molecule has 0 spiro atoms. The van der Waals surface area contributed by atoms with Gasteiger partial charge in [0.1, 0.15) is 0 Å². The summed E-state index contributed by atoms with van der Waals surface area (Å²) < 4.78 is 0. The zero-order valence-corrected chi connectivity index (χ0v) is 15.0. The second kappa shape index (κ2) is 7.23. The summed E-state index contributed by atoms with van der Waals surface area (Å²) in [5.74, 6) is 1.82. The van der Waals surface area contributed by atoms with Gasteiger partial charge in [-0.1, -0.05) is 12.8 Å². The van der Waals surface area contributed by atoms with E-state index >= 15 is 0 Å². The monoisotopic (exact) mass is 310 g/mol. The second-order valence-electron chi connectivity index (χ2n) is 7.91. The predicted octanol–water partition coefficient (Wildman–Crippen LogP) is 3.76. The quantitative estimate of drug-likeness (QED) is 0.851. The summed E-state index contributed by atoms with van der Waals surface area (Å²) in [5, 5.41) is 5.05. The van der Waals surface area contributed by atoms with Crippen molar-refractivity contribution in [3.05, 3.63) is 0 Å². The summed E-state index contributed by atoms with van der Waals surface area (Å²) in [6, 6.07) is 2.35. The lowest BCUT2D eigenvalue weighted by Gasteiger charge is -2.50. The van der Waals surface area contributed by atoms with E-state index in [9.17, 15) is 0 Å². The minimum absolute atomic E-state index is 0.726. The Morgan fingerprint density at radius 2 is 1.67 bits per heavy atom. The highest BCUT2D eigenvalue weighted by Crippen LogP contribution is 2.37. The van der Waals surface area contributed by atoms with E-state index in [0.29, 0.717) is 0 Å². The van der Waals surface area contributed by atoms with Gasteiger partial charge in [-0.3, -0.25) is 0 Å². The fraction of sp³-hybridized carbons (Fsp3) is 1.00. The average Bonchev–Trinajstić information content (AvgIpc) is 2.47. The van der Waals surface area contributed by atoms with Crippen LogP contribution in [-0.2, 0) is 0 Å². The van der Waals surface area contributed by atoms with Gasteiger partial charge < -0.3 is 10.2 Å². The maximum Gasteiger partial charge on any atom is 0.0151 e. The molecule has 2 nitrogen and oxygen atoms in total. The Bertz CT molecular complexity index is 319. The van der Waals surface area contributed by atoms with Gasteiger partial charge in [0.05, 0.1) is 0 Å². The summed E-state index contributed by atoms with van der Waals surface area (Å²) in [5.41, 5.74) is 0. The van der Waals surface area contributed by atoms with Crippen molar-refractivity contribution in [3.63, 3.8) is 0 Å². The van der Waals surface area contributed by atoms with Crippen molar-refractivity contribution in [2.75, 3.05) is 19.3 Å². The number of piperidine rings is 1. The summed E-state index contributed by atoms with van der Waals surface area (Å²) in [6.45, 7) is 7.41. The van der Waals surface area contributed by atoms with Crippen molar-refractivity contribution in [1.29, 1.82) is 0 Å². The zero-order chi connectivity index (χ0) is 14.8. The molecule has 0 aromatic rings. The van der Waals surface area contributed by atoms with Crippen LogP contribution in [0.5, 0.6) is 0 Å². The van der Waals surface area contributed by atoms with Gasteiger partial charge in [0.15, 0.2) is 0 Å². The van der Waals surface area contributed by atoms with E-state index in [-0.39, 0.29) is 0 Å². The molecule has 4 unspecified atom stereocenters. The Morgan fingerprint density at radius 3 is 2.29 bits per heavy atom. The summed E-state index contributed by atoms with van der Waals surface area (Å²) in [7, 11) is 0. The molecule has 3 heteroatoms. The third-order valence-electron chi connectivity index (χ3n) is 6.22. The van der Waals surface area contributed by atoms with E-state index in [1.54, 1.807) is 0 Å². The van der Waals surface area contributed by atoms with E-state index in [0.717, 1.165) is 35.2 Å². The number of hydrogen-bond acceptors (Lipinski definition) is 3. The molecule has 2 saturated carbocycles. The molecule has 0 radical (unpaired) electrons. The van der Waals surface area contributed by atoms with Crippen LogP contribution in [0, 0.1) is 11.8 Å². The molecule has 0 amide bonds. The number of thioether (sulfide) groups is 1. The number of nitrogens with zero attached hydrogens (tertiary/aromatic N) is 1. The molecule has 2 bridgehead atoms. The van der Waals surface area contributed by atoms with Crippen LogP contribution in [0.15, 0.2) is 0 Å². The standard InChI is InChI=1S/C18H34N2S/c1-13(2)20-11-14-6-4-7-15(12-20)18(14)19-16-8-5-9-17(10-16)21-3/h13-19H,4-12H2,1-3H3. The number of rotatable bonds is 4. The number of fused-ring (bicyclic) bond motifs is 2. The van der Waals surface area contributed by atoms with E-state index in [1.165, 1.54) is 58.0 Å². The highest BCUT2D eigenvalue weighted by Gasteiger charge is 2.41. The smallest absolute Gasteiger partial charge is 0.0151 e. The minimum atomic E-state index is 0.726. The Kier molecular flexibility index (Phi) is 5.55. The maximum absolute atomic E-state index is 4.14. The maximum atomic E-state index is 4.14. The molecule has 1 heterocycles. The van der Waals surface area contributed by atoms with Crippen molar-refractivity contribution in [2.45, 2.75) is 82.2 Å². The Morgan fingerprint density at radius 1 is 1.00 bits per heavy atom. The molecule has 1 N–H and O–H groups in total. The van der Waals surface area contributed by atoms with Crippen LogP contribution in [0.1, 0.15) is 58.8 Å². The predicted molar refractivity (Wildman–Crippen MR) is 94.0 cm³/mol. The molecule has 1 saturated heterocycles. The minimum Gasteiger partial charge on any atom is -0.311 e. The molecular weight excluding hydrogens is 276 g/mol. The van der Waals surface area contributed by atoms with Gasteiger partial charge in [0, 0.05) is 36.5 Å². The first-order valence-corrected chi connectivity index (χ1v) is 10.5. The van der Waals surface area contributed by atoms with Gasteiger partial charge in [-0.25, -0.2) is 0 Å². The van der Waals surface area contributed by atoms with Crippen molar-refractivity contribution in [3.8, 4) is 0 Å². The van der Waals surface area contributed by atoms with Crippen LogP contribution in [0.4, 0.5) is 0 Å². The average molecular weight is 311 g/mol. The summed E-state index contributed by atoms with van der Waals surface area (Å²) in [4.78, 5) is 2.73. The lowest BCUT2D eigenvalue weighted by molar-refractivity contribution is 0.0231. The van der Waals surface area contributed by atoms with Gasteiger partial charge in [-0.2, -0.15) is 11.8 Å². The molecular formula is C18H34N2S. The van der Waals surface area contributed by atoms with Crippen LogP contribution in [-0.4, -0.2) is 47.6 Å². The van der Waals surface area contributed by atoms with Crippen molar-refractivity contribution < 1.29 is 0 Å². The number of likely N-dealkylation sites (tertiary alicyclic amines) is 1. The molecule has 122 valence electrons. The topological polar surface area (TPSA) is 15.3 Å². The SMILES string of the molecule is CSC1CCCC(NC2C3CCCC2CN(C(C)C)C3)C1. The molecule has 4 atom stereocenters. The first-order chi connectivity index (χ1) is 10.2. The first kappa shape index (κ1) is 16.1. The second-order valence-corrected chi connectivity index (χ2v) is 9.05. The molecule has 3 rings (SSSR count). The molecule has 3 fully saturated rings. The normalized spacial score (nSPS) is 41.4. The Hall–Kier alpha value is 0.270. The highest BCUT2D eigenvalue weighted by atomic mass is 32.2. The number of hydrogen-bond donors (Lipinski definition) is 1. The molecule has 2 aliphatic carbocycles. The van der Waals surface area contributed by atoms with Crippen molar-refractivity contribution in [1.82, 2.24) is 10.2 Å². The van der Waals surface area contributed by atoms with Crippen LogP contribution >= 0.6 is 11.8 Å². The third-order valence-corrected chi connectivity index (χ3v) is 7.32. The van der Waals surface area contributed by atoms with E-state index in [2.05, 4.69) is 42.1 Å². The molecule has 0 aromatic carbocycles. The highest BCUT2D eigenvalue weighted by molar-refractivity contribution is 7.99. The molecule has 1 aliphatic heterocycles. The molecule has 0 aromatic heterocycles. The third kappa shape index (κ3) is 3.79. The van der Waals surface area contributed by atoms with Gasteiger partial charge in [-0.05, 0) is 64.0 Å². The summed E-state index contributed by atoms with van der Waals surface area (Å²) >= 11 is 2.09. The zero-order valence-electron chi connectivity index (χ0n) is 14.2. The lowest BCUT2D eigenvalue weighted by atomic mass is 9.72. The number of nitrogens with one attached hydrogen (secondary N) is 1. The Balaban J connectivity index is 1.60. The van der Waals surface area contributed by atoms with Crippen molar-refractivity contribution >= 4 is 11.8 Å². The Labute approximate surface area is 135 Å².